The van der Waals surface area contributed by atoms with Crippen LogP contribution in [0.4, 0.5) is 0 Å². The molecular weight excluding hydrogens is 187 g/mol. The standard InChI is InChI=1S/C5H5I/c1-2-3-4-5-6/h2H,1,3H2. The SMILES string of the molecule is C=CCC#CI. The van der Waals surface area contributed by atoms with E-state index in [4.69, 9.17) is 0 Å². The summed E-state index contributed by atoms with van der Waals surface area (Å²) in [6.45, 7) is 3.49. The number of halogens is 1. The summed E-state index contributed by atoms with van der Waals surface area (Å²) in [6, 6.07) is 0. The summed E-state index contributed by atoms with van der Waals surface area (Å²) in [5, 5.41) is 0. The summed E-state index contributed by atoms with van der Waals surface area (Å²) >= 11 is 2.00. The summed E-state index contributed by atoms with van der Waals surface area (Å²) in [5.74, 6) is 2.82. The fourth-order valence-corrected chi connectivity index (χ4v) is 0.331. The van der Waals surface area contributed by atoms with Gasteiger partial charge < -0.3 is 0 Å². The Morgan fingerprint density at radius 3 is 2.67 bits per heavy atom. The van der Waals surface area contributed by atoms with E-state index in [0.717, 1.165) is 6.42 Å². The van der Waals surface area contributed by atoms with Gasteiger partial charge in [-0.15, -0.1) is 6.58 Å². The van der Waals surface area contributed by atoms with Crippen LogP contribution < -0.4 is 0 Å². The van der Waals surface area contributed by atoms with Gasteiger partial charge in [0, 0.05) is 29.0 Å². The van der Waals surface area contributed by atoms with E-state index in [-0.39, 0.29) is 0 Å². The van der Waals surface area contributed by atoms with E-state index in [1.54, 1.807) is 6.08 Å². The van der Waals surface area contributed by atoms with Gasteiger partial charge in [-0.1, -0.05) is 12.0 Å². The van der Waals surface area contributed by atoms with Crippen molar-refractivity contribution in [1.29, 1.82) is 0 Å². The van der Waals surface area contributed by atoms with Crippen LogP contribution in [0.2, 0.25) is 0 Å². The van der Waals surface area contributed by atoms with Crippen LogP contribution in [0.3, 0.4) is 0 Å². The van der Waals surface area contributed by atoms with Crippen LogP contribution >= 0.6 is 22.6 Å². The Kier molecular flexibility index (Phi) is 5.06. The Labute approximate surface area is 51.8 Å². The smallest absolute Gasteiger partial charge is 0.0275 e. The summed E-state index contributed by atoms with van der Waals surface area (Å²) in [5.41, 5.74) is 0. The lowest BCUT2D eigenvalue weighted by atomic mass is 10.5. The van der Waals surface area contributed by atoms with Gasteiger partial charge in [0.2, 0.25) is 0 Å². The van der Waals surface area contributed by atoms with E-state index in [1.807, 2.05) is 22.6 Å². The molecule has 0 rings (SSSR count). The lowest BCUT2D eigenvalue weighted by Crippen LogP contribution is -1.47. The first-order valence-corrected chi connectivity index (χ1v) is 2.69. The lowest BCUT2D eigenvalue weighted by Gasteiger charge is -1.63. The van der Waals surface area contributed by atoms with E-state index in [9.17, 15) is 0 Å². The molecular formula is C5H5I. The second-order valence-corrected chi connectivity index (χ2v) is 1.30. The topological polar surface area (TPSA) is 0 Å². The Hall–Kier alpha value is 0.0300. The Bertz CT molecular complexity index is 83.8. The average molecular weight is 192 g/mol. The number of rotatable bonds is 1. The minimum absolute atomic E-state index is 0.808. The molecule has 0 nitrogen and oxygen atoms in total. The summed E-state index contributed by atoms with van der Waals surface area (Å²) < 4.78 is 2.72. The van der Waals surface area contributed by atoms with Gasteiger partial charge in [0.1, 0.15) is 0 Å². The third-order valence-electron chi connectivity index (χ3n) is 0.313. The fourth-order valence-electron chi connectivity index (χ4n) is 0.111. The molecule has 0 aromatic rings. The summed E-state index contributed by atoms with van der Waals surface area (Å²) in [6.07, 6.45) is 2.59. The van der Waals surface area contributed by atoms with Crippen LogP contribution in [0, 0.1) is 9.85 Å². The number of hydrogen-bond acceptors (Lipinski definition) is 0. The molecule has 0 aliphatic carbocycles. The molecule has 0 fully saturated rings. The highest BCUT2D eigenvalue weighted by molar-refractivity contribution is 14.1. The molecule has 6 heavy (non-hydrogen) atoms. The number of allylic oxidation sites excluding steroid dienone is 1. The van der Waals surface area contributed by atoms with Crippen molar-refractivity contribution in [2.75, 3.05) is 0 Å². The van der Waals surface area contributed by atoms with E-state index in [2.05, 4.69) is 16.4 Å². The molecule has 0 saturated carbocycles. The minimum Gasteiger partial charge on any atom is -0.102 e. The zero-order valence-corrected chi connectivity index (χ0v) is 5.53. The number of hydrogen-bond donors (Lipinski definition) is 0. The van der Waals surface area contributed by atoms with Crippen LogP contribution in [0.15, 0.2) is 12.7 Å². The third-order valence-corrected chi connectivity index (χ3v) is 0.695. The van der Waals surface area contributed by atoms with Crippen LogP contribution in [0.25, 0.3) is 0 Å². The van der Waals surface area contributed by atoms with Crippen LogP contribution in [-0.4, -0.2) is 0 Å². The van der Waals surface area contributed by atoms with Crippen molar-refractivity contribution in [2.24, 2.45) is 0 Å². The van der Waals surface area contributed by atoms with Gasteiger partial charge in [-0.05, 0) is 3.93 Å². The monoisotopic (exact) mass is 192 g/mol. The van der Waals surface area contributed by atoms with Gasteiger partial charge in [-0.2, -0.15) is 0 Å². The highest BCUT2D eigenvalue weighted by Gasteiger charge is 1.56. The molecule has 0 radical (unpaired) electrons. The predicted molar refractivity (Wildman–Crippen MR) is 36.6 cm³/mol. The van der Waals surface area contributed by atoms with E-state index < -0.39 is 0 Å². The van der Waals surface area contributed by atoms with Crippen molar-refractivity contribution < 1.29 is 0 Å². The maximum Gasteiger partial charge on any atom is 0.0275 e. The highest BCUT2D eigenvalue weighted by atomic mass is 127. The van der Waals surface area contributed by atoms with Crippen molar-refractivity contribution in [3.63, 3.8) is 0 Å². The second-order valence-electron chi connectivity index (χ2n) is 0.764. The third kappa shape index (κ3) is 4.03. The predicted octanol–water partition coefficient (Wildman–Crippen LogP) is 1.96. The largest absolute Gasteiger partial charge is 0.102 e. The molecule has 1 heteroatoms. The van der Waals surface area contributed by atoms with Gasteiger partial charge in [-0.25, -0.2) is 0 Å². The van der Waals surface area contributed by atoms with Gasteiger partial charge in [-0.3, -0.25) is 0 Å². The lowest BCUT2D eigenvalue weighted by molar-refractivity contribution is 1.49. The Balaban J connectivity index is 3.00. The molecule has 0 aromatic carbocycles. The highest BCUT2D eigenvalue weighted by Crippen LogP contribution is 1.76. The molecule has 0 aromatic heterocycles. The Morgan fingerprint density at radius 2 is 2.50 bits per heavy atom. The van der Waals surface area contributed by atoms with Gasteiger partial charge in [0.15, 0.2) is 0 Å². The summed E-state index contributed by atoms with van der Waals surface area (Å²) in [7, 11) is 0. The van der Waals surface area contributed by atoms with Crippen LogP contribution in [-0.2, 0) is 0 Å². The molecule has 0 spiro atoms. The zero-order chi connectivity index (χ0) is 4.83. The second kappa shape index (κ2) is 5.03. The van der Waals surface area contributed by atoms with Crippen molar-refractivity contribution in [1.82, 2.24) is 0 Å². The van der Waals surface area contributed by atoms with E-state index >= 15 is 0 Å². The van der Waals surface area contributed by atoms with Gasteiger partial charge in [0.25, 0.3) is 0 Å². The molecule has 0 saturated heterocycles. The van der Waals surface area contributed by atoms with E-state index in [1.165, 1.54) is 0 Å². The van der Waals surface area contributed by atoms with Crippen molar-refractivity contribution >= 4 is 22.6 Å². The molecule has 0 unspecified atom stereocenters. The van der Waals surface area contributed by atoms with Gasteiger partial charge in [0.05, 0.1) is 0 Å². The zero-order valence-electron chi connectivity index (χ0n) is 3.37. The maximum atomic E-state index is 3.49. The molecule has 32 valence electrons. The molecule has 0 atom stereocenters. The van der Waals surface area contributed by atoms with Crippen LogP contribution in [0.5, 0.6) is 0 Å². The average Bonchev–Trinajstić information content (AvgIpc) is 1.61. The maximum absolute atomic E-state index is 3.49. The molecule has 0 aliphatic heterocycles. The summed E-state index contributed by atoms with van der Waals surface area (Å²) in [4.78, 5) is 0. The first-order valence-electron chi connectivity index (χ1n) is 1.61. The molecule has 0 bridgehead atoms. The van der Waals surface area contributed by atoms with E-state index in [0.29, 0.717) is 0 Å². The van der Waals surface area contributed by atoms with Gasteiger partial charge >= 0.3 is 0 Å². The first-order chi connectivity index (χ1) is 2.91. The molecule has 0 aliphatic rings. The van der Waals surface area contributed by atoms with Crippen molar-refractivity contribution in [2.45, 2.75) is 6.42 Å². The molecule has 0 heterocycles. The molecule has 0 N–H and O–H groups in total. The van der Waals surface area contributed by atoms with Crippen molar-refractivity contribution in [3.05, 3.63) is 12.7 Å². The normalized spacial score (nSPS) is 5.50. The fraction of sp³-hybridized carbons (Fsp3) is 0.200. The Morgan fingerprint density at radius 1 is 1.83 bits per heavy atom. The molecule has 0 amide bonds. The first kappa shape index (κ1) is 6.03. The van der Waals surface area contributed by atoms with Crippen molar-refractivity contribution in [3.8, 4) is 9.85 Å². The quantitative estimate of drug-likeness (QED) is 0.338. The van der Waals surface area contributed by atoms with Crippen LogP contribution in [0.1, 0.15) is 6.42 Å². The minimum atomic E-state index is 0.808.